The Balaban J connectivity index is 2.28. The molecular weight excluding hydrogens is 272 g/mol. The highest BCUT2D eigenvalue weighted by molar-refractivity contribution is 6.30. The van der Waals surface area contributed by atoms with E-state index >= 15 is 0 Å². The third-order valence-electron chi connectivity index (χ3n) is 2.21. The lowest BCUT2D eigenvalue weighted by Gasteiger charge is -2.04. The molecular formula is C12H7ClN2O4. The lowest BCUT2D eigenvalue weighted by molar-refractivity contribution is -0.385. The van der Waals surface area contributed by atoms with Gasteiger partial charge >= 0.3 is 5.97 Å². The summed E-state index contributed by atoms with van der Waals surface area (Å²) in [4.78, 5) is 25.7. The normalized spacial score (nSPS) is 9.95. The highest BCUT2D eigenvalue weighted by Crippen LogP contribution is 2.21. The number of para-hydroxylation sites is 1. The van der Waals surface area contributed by atoms with Crippen molar-refractivity contribution in [2.45, 2.75) is 0 Å². The number of aromatic nitrogens is 1. The van der Waals surface area contributed by atoms with Gasteiger partial charge in [0.1, 0.15) is 5.56 Å². The molecule has 6 nitrogen and oxygen atoms in total. The van der Waals surface area contributed by atoms with E-state index < -0.39 is 10.9 Å². The van der Waals surface area contributed by atoms with E-state index in [1.165, 1.54) is 42.7 Å². The first kappa shape index (κ1) is 13.0. The average Bonchev–Trinajstić information content (AvgIpc) is 2.38. The third-order valence-corrected chi connectivity index (χ3v) is 2.42. The number of hydrogen-bond donors (Lipinski definition) is 0. The van der Waals surface area contributed by atoms with Gasteiger partial charge in [0.25, 0.3) is 5.69 Å². The highest BCUT2D eigenvalue weighted by atomic mass is 35.5. The van der Waals surface area contributed by atoms with Crippen molar-refractivity contribution in [2.24, 2.45) is 0 Å². The molecule has 0 aliphatic heterocycles. The SMILES string of the molecule is O=C(Oc1cncc(Cl)c1)c1ccccc1[N+](=O)[O-]. The van der Waals surface area contributed by atoms with Crippen LogP contribution in [0.3, 0.4) is 0 Å². The Hall–Kier alpha value is -2.47. The molecule has 0 radical (unpaired) electrons. The van der Waals surface area contributed by atoms with E-state index in [0.717, 1.165) is 0 Å². The van der Waals surface area contributed by atoms with Gasteiger partial charge in [0.2, 0.25) is 0 Å². The van der Waals surface area contributed by atoms with E-state index in [0.29, 0.717) is 5.02 Å². The molecule has 0 fully saturated rings. The summed E-state index contributed by atoms with van der Waals surface area (Å²) in [5, 5.41) is 11.1. The summed E-state index contributed by atoms with van der Waals surface area (Å²) in [7, 11) is 0. The van der Waals surface area contributed by atoms with Gasteiger partial charge in [-0.05, 0) is 6.07 Å². The number of halogens is 1. The molecule has 2 rings (SSSR count). The molecule has 96 valence electrons. The lowest BCUT2D eigenvalue weighted by atomic mass is 10.2. The smallest absolute Gasteiger partial charge is 0.350 e. The van der Waals surface area contributed by atoms with Gasteiger partial charge in [0, 0.05) is 18.3 Å². The molecule has 19 heavy (non-hydrogen) atoms. The number of carbonyl (C=O) groups is 1. The molecule has 1 heterocycles. The van der Waals surface area contributed by atoms with Gasteiger partial charge < -0.3 is 4.74 Å². The molecule has 0 atom stereocenters. The van der Waals surface area contributed by atoms with Crippen LogP contribution < -0.4 is 4.74 Å². The van der Waals surface area contributed by atoms with E-state index in [4.69, 9.17) is 16.3 Å². The molecule has 1 aromatic heterocycles. The number of nitro benzene ring substituents is 1. The van der Waals surface area contributed by atoms with Crippen molar-refractivity contribution in [3.05, 3.63) is 63.4 Å². The Bertz CT molecular complexity index is 645. The minimum absolute atomic E-state index is 0.121. The van der Waals surface area contributed by atoms with Crippen molar-refractivity contribution in [2.75, 3.05) is 0 Å². The van der Waals surface area contributed by atoms with E-state index in [9.17, 15) is 14.9 Å². The van der Waals surface area contributed by atoms with Gasteiger partial charge in [-0.25, -0.2) is 4.79 Å². The van der Waals surface area contributed by atoms with Crippen molar-refractivity contribution in [3.63, 3.8) is 0 Å². The number of esters is 1. The number of benzene rings is 1. The number of pyridine rings is 1. The number of ether oxygens (including phenoxy) is 1. The number of nitro groups is 1. The fourth-order valence-corrected chi connectivity index (χ4v) is 1.58. The molecule has 0 aliphatic carbocycles. The van der Waals surface area contributed by atoms with Crippen molar-refractivity contribution in [1.29, 1.82) is 0 Å². The van der Waals surface area contributed by atoms with Gasteiger partial charge in [0.15, 0.2) is 5.75 Å². The number of rotatable bonds is 3. The number of nitrogens with zero attached hydrogens (tertiary/aromatic N) is 2. The predicted octanol–water partition coefficient (Wildman–Crippen LogP) is 2.86. The topological polar surface area (TPSA) is 82.3 Å². The maximum absolute atomic E-state index is 11.9. The van der Waals surface area contributed by atoms with Crippen LogP contribution in [0.5, 0.6) is 5.75 Å². The Morgan fingerprint density at radius 2 is 2.05 bits per heavy atom. The molecule has 0 aliphatic rings. The van der Waals surface area contributed by atoms with Gasteiger partial charge in [-0.1, -0.05) is 23.7 Å². The monoisotopic (exact) mass is 278 g/mol. The quantitative estimate of drug-likeness (QED) is 0.490. The second-order valence-corrected chi connectivity index (χ2v) is 3.94. The maximum atomic E-state index is 11.9. The van der Waals surface area contributed by atoms with E-state index in [1.54, 1.807) is 0 Å². The highest BCUT2D eigenvalue weighted by Gasteiger charge is 2.21. The minimum Gasteiger partial charge on any atom is -0.421 e. The largest absolute Gasteiger partial charge is 0.421 e. The minimum atomic E-state index is -0.837. The van der Waals surface area contributed by atoms with Gasteiger partial charge in [-0.15, -0.1) is 0 Å². The fraction of sp³-hybridized carbons (Fsp3) is 0. The van der Waals surface area contributed by atoms with Crippen molar-refractivity contribution in [1.82, 2.24) is 4.98 Å². The zero-order valence-corrected chi connectivity index (χ0v) is 10.2. The number of hydrogen-bond acceptors (Lipinski definition) is 5. The van der Waals surface area contributed by atoms with E-state index in [2.05, 4.69) is 4.98 Å². The van der Waals surface area contributed by atoms with E-state index in [-0.39, 0.29) is 17.0 Å². The summed E-state index contributed by atoms with van der Waals surface area (Å²) in [5.41, 5.74) is -0.449. The van der Waals surface area contributed by atoms with Crippen LogP contribution in [0.2, 0.25) is 5.02 Å². The average molecular weight is 279 g/mol. The van der Waals surface area contributed by atoms with Crippen LogP contribution in [0, 0.1) is 10.1 Å². The second-order valence-electron chi connectivity index (χ2n) is 3.50. The zero-order valence-electron chi connectivity index (χ0n) is 9.45. The van der Waals surface area contributed by atoms with Gasteiger partial charge in [-0.3, -0.25) is 15.1 Å². The van der Waals surface area contributed by atoms with Crippen LogP contribution in [-0.4, -0.2) is 15.9 Å². The van der Waals surface area contributed by atoms with Crippen molar-refractivity contribution < 1.29 is 14.5 Å². The summed E-state index contributed by atoms with van der Waals surface area (Å²) in [6.07, 6.45) is 2.67. The molecule has 1 aromatic carbocycles. The molecule has 0 spiro atoms. The summed E-state index contributed by atoms with van der Waals surface area (Å²) >= 11 is 5.69. The lowest BCUT2D eigenvalue weighted by Crippen LogP contribution is -2.11. The second kappa shape index (κ2) is 5.45. The van der Waals surface area contributed by atoms with Crippen LogP contribution in [0.25, 0.3) is 0 Å². The van der Waals surface area contributed by atoms with Crippen molar-refractivity contribution in [3.8, 4) is 5.75 Å². The molecule has 0 bridgehead atoms. The Labute approximate surface area is 112 Å². The van der Waals surface area contributed by atoms with Crippen LogP contribution in [0.15, 0.2) is 42.7 Å². The first-order valence-electron chi connectivity index (χ1n) is 5.14. The molecule has 7 heteroatoms. The zero-order chi connectivity index (χ0) is 13.8. The third kappa shape index (κ3) is 3.05. The Morgan fingerprint density at radius 1 is 1.32 bits per heavy atom. The van der Waals surface area contributed by atoms with E-state index in [1.807, 2.05) is 0 Å². The molecule has 0 saturated heterocycles. The van der Waals surface area contributed by atoms with Crippen molar-refractivity contribution >= 4 is 23.3 Å². The first-order chi connectivity index (χ1) is 9.08. The molecule has 0 N–H and O–H groups in total. The van der Waals surface area contributed by atoms with Gasteiger partial charge in [0.05, 0.1) is 16.1 Å². The summed E-state index contributed by atoms with van der Waals surface area (Å²) in [6.45, 7) is 0. The Kier molecular flexibility index (Phi) is 3.72. The summed E-state index contributed by atoms with van der Waals surface area (Å²) in [6, 6.07) is 6.92. The first-order valence-corrected chi connectivity index (χ1v) is 5.52. The maximum Gasteiger partial charge on any atom is 0.350 e. The van der Waals surface area contributed by atoms with Crippen LogP contribution >= 0.6 is 11.6 Å². The molecule has 2 aromatic rings. The summed E-state index contributed by atoms with van der Waals surface area (Å²) < 4.78 is 4.98. The number of carbonyl (C=O) groups excluding carboxylic acids is 1. The molecule has 0 saturated carbocycles. The summed E-state index contributed by atoms with van der Waals surface area (Å²) in [5.74, 6) is -0.716. The molecule has 0 unspecified atom stereocenters. The van der Waals surface area contributed by atoms with Gasteiger partial charge in [-0.2, -0.15) is 0 Å². The Morgan fingerprint density at radius 3 is 2.74 bits per heavy atom. The molecule has 0 amide bonds. The van der Waals surface area contributed by atoms with Crippen LogP contribution in [0.1, 0.15) is 10.4 Å². The van der Waals surface area contributed by atoms with Crippen LogP contribution in [-0.2, 0) is 0 Å². The fourth-order valence-electron chi connectivity index (χ4n) is 1.42. The van der Waals surface area contributed by atoms with Crippen LogP contribution in [0.4, 0.5) is 5.69 Å². The standard InChI is InChI=1S/C12H7ClN2O4/c13-8-5-9(7-14-6-8)19-12(16)10-3-1-2-4-11(10)15(17)18/h1-7H. The predicted molar refractivity (Wildman–Crippen MR) is 67.3 cm³/mol.